The van der Waals surface area contributed by atoms with E-state index in [1.165, 1.54) is 12.2 Å². The number of rotatable bonds is 4. The molecule has 0 bridgehead atoms. The number of methoxy groups -OCH3 is 1. The molecule has 1 aromatic carbocycles. The standard InChI is InChI=1S/C14H19BrO2S/c1-17-14-5-4-10(7-12(14)15)8-13(16)11-3-2-6-18-9-11/h4-5,7,11,13,16H,2-3,6,8-9H2,1H3. The second kappa shape index (κ2) is 6.83. The van der Waals surface area contributed by atoms with Crippen LogP contribution >= 0.6 is 27.7 Å². The number of thioether (sulfide) groups is 1. The van der Waals surface area contributed by atoms with Crippen molar-refractivity contribution in [3.05, 3.63) is 28.2 Å². The number of hydrogen-bond donors (Lipinski definition) is 1. The van der Waals surface area contributed by atoms with E-state index in [0.29, 0.717) is 5.92 Å². The lowest BCUT2D eigenvalue weighted by Gasteiger charge is -2.26. The monoisotopic (exact) mass is 330 g/mol. The molecule has 1 aromatic rings. The van der Waals surface area contributed by atoms with E-state index in [0.717, 1.165) is 34.4 Å². The van der Waals surface area contributed by atoms with Gasteiger partial charge in [0, 0.05) is 0 Å². The zero-order valence-electron chi connectivity index (χ0n) is 10.6. The molecule has 0 spiro atoms. The van der Waals surface area contributed by atoms with E-state index in [1.54, 1.807) is 7.11 Å². The Kier molecular flexibility index (Phi) is 5.39. The molecule has 1 heterocycles. The molecule has 0 amide bonds. The summed E-state index contributed by atoms with van der Waals surface area (Å²) in [5.74, 6) is 3.63. The topological polar surface area (TPSA) is 29.5 Å². The van der Waals surface area contributed by atoms with E-state index in [2.05, 4.69) is 15.9 Å². The van der Waals surface area contributed by atoms with Crippen LogP contribution in [0.2, 0.25) is 0 Å². The number of ether oxygens (including phenoxy) is 1. The minimum absolute atomic E-state index is 0.224. The van der Waals surface area contributed by atoms with Crippen LogP contribution in [0.1, 0.15) is 18.4 Å². The minimum Gasteiger partial charge on any atom is -0.496 e. The van der Waals surface area contributed by atoms with Crippen LogP contribution in [0.4, 0.5) is 0 Å². The molecular weight excluding hydrogens is 312 g/mol. The van der Waals surface area contributed by atoms with Crippen LogP contribution in [-0.2, 0) is 6.42 Å². The Morgan fingerprint density at radius 3 is 3.00 bits per heavy atom. The number of aliphatic hydroxyl groups is 1. The molecule has 0 aromatic heterocycles. The molecule has 2 atom stereocenters. The number of benzene rings is 1. The molecule has 2 unspecified atom stereocenters. The lowest BCUT2D eigenvalue weighted by atomic mass is 9.93. The Morgan fingerprint density at radius 2 is 2.39 bits per heavy atom. The quantitative estimate of drug-likeness (QED) is 0.916. The normalized spacial score (nSPS) is 21.6. The van der Waals surface area contributed by atoms with Gasteiger partial charge >= 0.3 is 0 Å². The zero-order valence-corrected chi connectivity index (χ0v) is 13.0. The van der Waals surface area contributed by atoms with E-state index in [-0.39, 0.29) is 6.10 Å². The fraction of sp³-hybridized carbons (Fsp3) is 0.571. The number of halogens is 1. The third-order valence-corrected chi connectivity index (χ3v) is 5.26. The van der Waals surface area contributed by atoms with Gasteiger partial charge in [-0.3, -0.25) is 0 Å². The van der Waals surface area contributed by atoms with Gasteiger partial charge in [-0.05, 0) is 70.3 Å². The summed E-state index contributed by atoms with van der Waals surface area (Å²) in [6.07, 6.45) is 2.90. The Morgan fingerprint density at radius 1 is 1.56 bits per heavy atom. The minimum atomic E-state index is -0.224. The molecule has 1 saturated heterocycles. The summed E-state index contributed by atoms with van der Waals surface area (Å²) in [6, 6.07) is 6.02. The van der Waals surface area contributed by atoms with E-state index in [9.17, 15) is 5.11 Å². The Bertz CT molecular complexity index is 391. The summed E-state index contributed by atoms with van der Waals surface area (Å²) in [5, 5.41) is 10.3. The van der Waals surface area contributed by atoms with E-state index in [4.69, 9.17) is 4.74 Å². The van der Waals surface area contributed by atoms with Crippen LogP contribution in [0.25, 0.3) is 0 Å². The third-order valence-electron chi connectivity index (χ3n) is 3.40. The summed E-state index contributed by atoms with van der Waals surface area (Å²) in [5.41, 5.74) is 1.16. The molecule has 100 valence electrons. The average Bonchev–Trinajstić information content (AvgIpc) is 2.40. The van der Waals surface area contributed by atoms with Crippen LogP contribution in [0.15, 0.2) is 22.7 Å². The summed E-state index contributed by atoms with van der Waals surface area (Å²) in [7, 11) is 1.66. The van der Waals surface area contributed by atoms with Crippen molar-refractivity contribution in [2.75, 3.05) is 18.6 Å². The first-order chi connectivity index (χ1) is 8.70. The Balaban J connectivity index is 1.97. The highest BCUT2D eigenvalue weighted by Crippen LogP contribution is 2.29. The lowest BCUT2D eigenvalue weighted by Crippen LogP contribution is -2.27. The fourth-order valence-electron chi connectivity index (χ4n) is 2.31. The highest BCUT2D eigenvalue weighted by molar-refractivity contribution is 9.10. The molecule has 0 saturated carbocycles. The highest BCUT2D eigenvalue weighted by Gasteiger charge is 2.22. The predicted molar refractivity (Wildman–Crippen MR) is 80.5 cm³/mol. The highest BCUT2D eigenvalue weighted by atomic mass is 79.9. The van der Waals surface area contributed by atoms with Gasteiger partial charge in [-0.25, -0.2) is 0 Å². The maximum absolute atomic E-state index is 10.3. The Hall–Kier alpha value is -0.190. The predicted octanol–water partition coefficient (Wildman–Crippen LogP) is 3.50. The number of hydrogen-bond acceptors (Lipinski definition) is 3. The van der Waals surface area contributed by atoms with Crippen molar-refractivity contribution in [2.24, 2.45) is 5.92 Å². The van der Waals surface area contributed by atoms with Crippen LogP contribution in [0, 0.1) is 5.92 Å². The van der Waals surface area contributed by atoms with Gasteiger partial charge in [0.1, 0.15) is 5.75 Å². The van der Waals surface area contributed by atoms with Gasteiger partial charge in [0.15, 0.2) is 0 Å². The molecular formula is C14H19BrO2S. The van der Waals surface area contributed by atoms with Gasteiger partial charge < -0.3 is 9.84 Å². The maximum Gasteiger partial charge on any atom is 0.133 e. The van der Waals surface area contributed by atoms with Crippen LogP contribution < -0.4 is 4.74 Å². The van der Waals surface area contributed by atoms with Crippen molar-refractivity contribution in [1.82, 2.24) is 0 Å². The van der Waals surface area contributed by atoms with Gasteiger partial charge in [0.25, 0.3) is 0 Å². The van der Waals surface area contributed by atoms with E-state index >= 15 is 0 Å². The van der Waals surface area contributed by atoms with Crippen molar-refractivity contribution >= 4 is 27.7 Å². The lowest BCUT2D eigenvalue weighted by molar-refractivity contribution is 0.113. The molecule has 18 heavy (non-hydrogen) atoms. The van der Waals surface area contributed by atoms with Crippen molar-refractivity contribution in [3.63, 3.8) is 0 Å². The van der Waals surface area contributed by atoms with Crippen LogP contribution in [0.3, 0.4) is 0 Å². The van der Waals surface area contributed by atoms with Gasteiger partial charge in [-0.1, -0.05) is 6.07 Å². The van der Waals surface area contributed by atoms with Gasteiger partial charge in [0.2, 0.25) is 0 Å². The molecule has 1 aliphatic heterocycles. The zero-order chi connectivity index (χ0) is 13.0. The average molecular weight is 331 g/mol. The summed E-state index contributed by atoms with van der Waals surface area (Å²) >= 11 is 5.44. The second-order valence-corrected chi connectivity index (χ2v) is 6.72. The summed E-state index contributed by atoms with van der Waals surface area (Å²) < 4.78 is 6.16. The molecule has 4 heteroatoms. The molecule has 1 aliphatic rings. The summed E-state index contributed by atoms with van der Waals surface area (Å²) in [6.45, 7) is 0. The third kappa shape index (κ3) is 3.65. The molecule has 0 radical (unpaired) electrons. The van der Waals surface area contributed by atoms with Crippen molar-refractivity contribution in [1.29, 1.82) is 0 Å². The van der Waals surface area contributed by atoms with Gasteiger partial charge in [0.05, 0.1) is 17.7 Å². The second-order valence-electron chi connectivity index (χ2n) is 4.72. The van der Waals surface area contributed by atoms with Crippen molar-refractivity contribution < 1.29 is 9.84 Å². The van der Waals surface area contributed by atoms with E-state index < -0.39 is 0 Å². The largest absolute Gasteiger partial charge is 0.496 e. The molecule has 2 nitrogen and oxygen atoms in total. The van der Waals surface area contributed by atoms with E-state index in [1.807, 2.05) is 30.0 Å². The van der Waals surface area contributed by atoms with Crippen molar-refractivity contribution in [3.8, 4) is 5.75 Å². The van der Waals surface area contributed by atoms with Crippen LogP contribution in [-0.4, -0.2) is 29.8 Å². The Labute approximate surface area is 121 Å². The first kappa shape index (κ1) is 14.2. The summed E-state index contributed by atoms with van der Waals surface area (Å²) in [4.78, 5) is 0. The van der Waals surface area contributed by atoms with Crippen molar-refractivity contribution in [2.45, 2.75) is 25.4 Å². The number of aliphatic hydroxyl groups excluding tert-OH is 1. The molecule has 2 rings (SSSR count). The molecule has 1 N–H and O–H groups in total. The fourth-order valence-corrected chi connectivity index (χ4v) is 4.13. The molecule has 1 fully saturated rings. The van der Waals surface area contributed by atoms with Gasteiger partial charge in [-0.2, -0.15) is 11.8 Å². The smallest absolute Gasteiger partial charge is 0.133 e. The molecule has 0 aliphatic carbocycles. The van der Waals surface area contributed by atoms with Gasteiger partial charge in [-0.15, -0.1) is 0 Å². The first-order valence-corrected chi connectivity index (χ1v) is 8.23. The van der Waals surface area contributed by atoms with Crippen LogP contribution in [0.5, 0.6) is 5.75 Å². The maximum atomic E-state index is 10.3. The first-order valence-electron chi connectivity index (χ1n) is 6.29. The SMILES string of the molecule is COc1ccc(CC(O)C2CCCSC2)cc1Br.